The van der Waals surface area contributed by atoms with Crippen molar-refractivity contribution in [2.24, 2.45) is 5.73 Å². The average Bonchev–Trinajstić information content (AvgIpc) is 2.46. The van der Waals surface area contributed by atoms with Crippen molar-refractivity contribution >= 4 is 15.9 Å². The van der Waals surface area contributed by atoms with Gasteiger partial charge >= 0.3 is 0 Å². The van der Waals surface area contributed by atoms with Gasteiger partial charge in [-0.1, -0.05) is 67.8 Å². The summed E-state index contributed by atoms with van der Waals surface area (Å²) in [6.45, 7) is 2.25. The second-order valence-corrected chi connectivity index (χ2v) is 6.26. The molecule has 0 saturated heterocycles. The molecule has 0 aromatic heterocycles. The number of hydrogen-bond donors (Lipinski definition) is 1. The van der Waals surface area contributed by atoms with E-state index in [1.807, 2.05) is 18.2 Å². The Labute approximate surface area is 132 Å². The van der Waals surface area contributed by atoms with Crippen LogP contribution in [0.25, 0.3) is 0 Å². The maximum absolute atomic E-state index is 6.30. The molecule has 0 radical (unpaired) electrons. The van der Waals surface area contributed by atoms with Crippen LogP contribution in [0.4, 0.5) is 0 Å². The average molecular weight is 342 g/mol. The Morgan fingerprint density at radius 2 is 1.75 bits per heavy atom. The van der Waals surface area contributed by atoms with Crippen molar-refractivity contribution in [1.29, 1.82) is 0 Å². The highest BCUT2D eigenvalue weighted by Crippen LogP contribution is 2.29. The summed E-state index contributed by atoms with van der Waals surface area (Å²) in [6.07, 6.45) is 10.3. The molecule has 1 aromatic rings. The zero-order valence-corrected chi connectivity index (χ0v) is 14.4. The topological polar surface area (TPSA) is 35.2 Å². The van der Waals surface area contributed by atoms with Gasteiger partial charge in [-0.05, 0) is 30.2 Å². The molecule has 20 heavy (non-hydrogen) atoms. The SMILES string of the molecule is CCCCCCCCCC(N)c1cc(OC)ccc1Br. The third-order valence-corrected chi connectivity index (χ3v) is 4.44. The molecular weight excluding hydrogens is 314 g/mol. The molecule has 0 aliphatic carbocycles. The van der Waals surface area contributed by atoms with E-state index in [4.69, 9.17) is 10.5 Å². The van der Waals surface area contributed by atoms with E-state index in [0.717, 1.165) is 22.2 Å². The summed E-state index contributed by atoms with van der Waals surface area (Å²) in [6, 6.07) is 6.10. The summed E-state index contributed by atoms with van der Waals surface area (Å²) in [4.78, 5) is 0. The Kier molecular flexibility index (Phi) is 8.95. The fourth-order valence-corrected chi connectivity index (χ4v) is 2.95. The Hall–Kier alpha value is -0.540. The van der Waals surface area contributed by atoms with Gasteiger partial charge in [-0.3, -0.25) is 0 Å². The van der Waals surface area contributed by atoms with Gasteiger partial charge in [0.2, 0.25) is 0 Å². The summed E-state index contributed by atoms with van der Waals surface area (Å²) >= 11 is 3.58. The minimum Gasteiger partial charge on any atom is -0.497 e. The van der Waals surface area contributed by atoms with Crippen LogP contribution in [0.1, 0.15) is 69.9 Å². The zero-order valence-electron chi connectivity index (χ0n) is 12.8. The van der Waals surface area contributed by atoms with E-state index in [1.165, 1.54) is 44.9 Å². The lowest BCUT2D eigenvalue weighted by Gasteiger charge is -2.15. The molecule has 2 N–H and O–H groups in total. The molecule has 1 aromatic carbocycles. The number of unbranched alkanes of at least 4 members (excludes halogenated alkanes) is 6. The van der Waals surface area contributed by atoms with Gasteiger partial charge in [0.1, 0.15) is 5.75 Å². The Morgan fingerprint density at radius 1 is 1.10 bits per heavy atom. The molecule has 0 heterocycles. The van der Waals surface area contributed by atoms with Crippen LogP contribution in [0.15, 0.2) is 22.7 Å². The van der Waals surface area contributed by atoms with Crippen LogP contribution in [-0.2, 0) is 0 Å². The first-order valence-electron chi connectivity index (χ1n) is 7.78. The minimum absolute atomic E-state index is 0.0927. The summed E-state index contributed by atoms with van der Waals surface area (Å²) in [7, 11) is 1.69. The van der Waals surface area contributed by atoms with Crippen LogP contribution in [0, 0.1) is 0 Å². The van der Waals surface area contributed by atoms with Crippen molar-refractivity contribution in [3.05, 3.63) is 28.2 Å². The third kappa shape index (κ3) is 6.27. The molecule has 1 rings (SSSR count). The standard InChI is InChI=1S/C17H28BrNO/c1-3-4-5-6-7-8-9-10-17(19)15-13-14(20-2)11-12-16(15)18/h11-13,17H,3-10,19H2,1-2H3. The number of halogens is 1. The lowest BCUT2D eigenvalue weighted by Crippen LogP contribution is -2.11. The van der Waals surface area contributed by atoms with Gasteiger partial charge in [0.15, 0.2) is 0 Å². The van der Waals surface area contributed by atoms with Crippen molar-refractivity contribution in [3.63, 3.8) is 0 Å². The van der Waals surface area contributed by atoms with E-state index in [2.05, 4.69) is 22.9 Å². The molecule has 0 fully saturated rings. The highest BCUT2D eigenvalue weighted by molar-refractivity contribution is 9.10. The van der Waals surface area contributed by atoms with E-state index in [0.29, 0.717) is 0 Å². The van der Waals surface area contributed by atoms with E-state index in [-0.39, 0.29) is 6.04 Å². The summed E-state index contributed by atoms with van der Waals surface area (Å²) in [5, 5.41) is 0. The monoisotopic (exact) mass is 341 g/mol. The highest BCUT2D eigenvalue weighted by atomic mass is 79.9. The fourth-order valence-electron chi connectivity index (χ4n) is 2.41. The molecule has 0 aliphatic heterocycles. The molecule has 2 nitrogen and oxygen atoms in total. The molecule has 3 heteroatoms. The van der Waals surface area contributed by atoms with Crippen LogP contribution in [0.3, 0.4) is 0 Å². The number of benzene rings is 1. The number of ether oxygens (including phenoxy) is 1. The van der Waals surface area contributed by atoms with Gasteiger partial charge in [-0.15, -0.1) is 0 Å². The number of methoxy groups -OCH3 is 1. The summed E-state index contributed by atoms with van der Waals surface area (Å²) < 4.78 is 6.34. The highest BCUT2D eigenvalue weighted by Gasteiger charge is 2.10. The number of nitrogens with two attached hydrogens (primary N) is 1. The molecule has 1 atom stereocenters. The second-order valence-electron chi connectivity index (χ2n) is 5.40. The van der Waals surface area contributed by atoms with Gasteiger partial charge in [0.25, 0.3) is 0 Å². The summed E-state index contributed by atoms with van der Waals surface area (Å²) in [5.41, 5.74) is 7.44. The first-order valence-corrected chi connectivity index (χ1v) is 8.57. The molecule has 1 unspecified atom stereocenters. The van der Waals surface area contributed by atoms with Gasteiger partial charge in [0, 0.05) is 10.5 Å². The largest absolute Gasteiger partial charge is 0.497 e. The molecule has 114 valence electrons. The molecule has 0 saturated carbocycles. The van der Waals surface area contributed by atoms with Crippen molar-refractivity contribution in [1.82, 2.24) is 0 Å². The summed E-state index contributed by atoms with van der Waals surface area (Å²) in [5.74, 6) is 0.873. The lowest BCUT2D eigenvalue weighted by molar-refractivity contribution is 0.413. The van der Waals surface area contributed by atoms with E-state index < -0.39 is 0 Å². The van der Waals surface area contributed by atoms with Crippen molar-refractivity contribution in [2.75, 3.05) is 7.11 Å². The van der Waals surface area contributed by atoms with Crippen LogP contribution in [0.5, 0.6) is 5.75 Å². The Bertz CT molecular complexity index is 381. The van der Waals surface area contributed by atoms with E-state index in [1.54, 1.807) is 7.11 Å². The van der Waals surface area contributed by atoms with Crippen molar-refractivity contribution in [3.8, 4) is 5.75 Å². The molecular formula is C17H28BrNO. The zero-order chi connectivity index (χ0) is 14.8. The third-order valence-electron chi connectivity index (χ3n) is 3.72. The number of hydrogen-bond acceptors (Lipinski definition) is 2. The fraction of sp³-hybridized carbons (Fsp3) is 0.647. The second kappa shape index (κ2) is 10.2. The molecule has 0 bridgehead atoms. The Morgan fingerprint density at radius 3 is 2.40 bits per heavy atom. The molecule has 0 aliphatic rings. The van der Waals surface area contributed by atoms with Crippen LogP contribution < -0.4 is 10.5 Å². The van der Waals surface area contributed by atoms with Gasteiger partial charge in [-0.2, -0.15) is 0 Å². The maximum atomic E-state index is 6.30. The van der Waals surface area contributed by atoms with Gasteiger partial charge in [0.05, 0.1) is 7.11 Å². The molecule has 0 spiro atoms. The number of rotatable bonds is 10. The first-order chi connectivity index (χ1) is 9.69. The van der Waals surface area contributed by atoms with Gasteiger partial charge < -0.3 is 10.5 Å². The smallest absolute Gasteiger partial charge is 0.119 e. The predicted octanol–water partition coefficient (Wildman–Crippen LogP) is 5.60. The van der Waals surface area contributed by atoms with E-state index >= 15 is 0 Å². The maximum Gasteiger partial charge on any atom is 0.119 e. The van der Waals surface area contributed by atoms with Crippen molar-refractivity contribution < 1.29 is 4.74 Å². The minimum atomic E-state index is 0.0927. The van der Waals surface area contributed by atoms with E-state index in [9.17, 15) is 0 Å². The van der Waals surface area contributed by atoms with Crippen molar-refractivity contribution in [2.45, 2.75) is 64.3 Å². The van der Waals surface area contributed by atoms with Crippen LogP contribution in [-0.4, -0.2) is 7.11 Å². The first kappa shape index (κ1) is 17.5. The quantitative estimate of drug-likeness (QED) is 0.562. The normalized spacial score (nSPS) is 12.4. The lowest BCUT2D eigenvalue weighted by atomic mass is 10.00. The van der Waals surface area contributed by atoms with Crippen LogP contribution in [0.2, 0.25) is 0 Å². The van der Waals surface area contributed by atoms with Crippen LogP contribution >= 0.6 is 15.9 Å². The van der Waals surface area contributed by atoms with Gasteiger partial charge in [-0.25, -0.2) is 0 Å². The Balaban J connectivity index is 2.30. The molecule has 0 amide bonds. The predicted molar refractivity (Wildman–Crippen MR) is 90.2 cm³/mol.